The van der Waals surface area contributed by atoms with Gasteiger partial charge in [0.2, 0.25) is 15.9 Å². The second-order valence-electron chi connectivity index (χ2n) is 9.36. The van der Waals surface area contributed by atoms with Gasteiger partial charge < -0.3 is 4.90 Å². The number of hydrogen-bond acceptors (Lipinski definition) is 5. The molecule has 0 aromatic heterocycles. The van der Waals surface area contributed by atoms with Crippen molar-refractivity contribution in [1.29, 1.82) is 0 Å². The van der Waals surface area contributed by atoms with E-state index in [1.165, 1.54) is 0 Å². The van der Waals surface area contributed by atoms with Gasteiger partial charge in [-0.3, -0.25) is 4.79 Å². The van der Waals surface area contributed by atoms with Gasteiger partial charge in [0.25, 0.3) is 0 Å². The molecule has 1 amide bonds. The molecule has 1 N–H and O–H groups in total. The Balaban J connectivity index is 1.50. The molecule has 1 aliphatic heterocycles. The van der Waals surface area contributed by atoms with Crippen LogP contribution in [0.25, 0.3) is 0 Å². The van der Waals surface area contributed by atoms with E-state index < -0.39 is 25.1 Å². The highest BCUT2D eigenvalue weighted by molar-refractivity contribution is 7.92. The van der Waals surface area contributed by atoms with Crippen molar-refractivity contribution in [1.82, 2.24) is 9.62 Å². The molecular formula is C24H32N2O5S2. The molecule has 7 nitrogen and oxygen atoms in total. The number of hydrogen-bond donors (Lipinski definition) is 1. The van der Waals surface area contributed by atoms with Crippen molar-refractivity contribution in [3.8, 4) is 0 Å². The number of rotatable bonds is 7. The SMILES string of the molecule is CC(C)(C)c1ccc(S(=O)(=O)NCCC(=O)N2CCC(S(=O)(=O)c3ccccc3)CC2)cc1. The van der Waals surface area contributed by atoms with E-state index in [1.54, 1.807) is 59.5 Å². The molecule has 0 aliphatic carbocycles. The predicted molar refractivity (Wildman–Crippen MR) is 128 cm³/mol. The number of sulfone groups is 1. The molecule has 2 aromatic carbocycles. The minimum atomic E-state index is -3.71. The quantitative estimate of drug-likeness (QED) is 0.640. The van der Waals surface area contributed by atoms with Crippen molar-refractivity contribution in [3.05, 3.63) is 60.2 Å². The van der Waals surface area contributed by atoms with Crippen LogP contribution in [0.15, 0.2) is 64.4 Å². The number of likely N-dealkylation sites (tertiary alicyclic amines) is 1. The summed E-state index contributed by atoms with van der Waals surface area (Å²) in [5.74, 6) is -0.184. The molecule has 33 heavy (non-hydrogen) atoms. The van der Waals surface area contributed by atoms with Crippen molar-refractivity contribution in [2.45, 2.75) is 60.5 Å². The number of carbonyl (C=O) groups excluding carboxylic acids is 1. The maximum absolute atomic E-state index is 12.8. The molecule has 1 saturated heterocycles. The largest absolute Gasteiger partial charge is 0.343 e. The average Bonchev–Trinajstić information content (AvgIpc) is 2.79. The van der Waals surface area contributed by atoms with Gasteiger partial charge in [0.15, 0.2) is 9.84 Å². The fraction of sp³-hybridized carbons (Fsp3) is 0.458. The number of piperidine rings is 1. The van der Waals surface area contributed by atoms with E-state index >= 15 is 0 Å². The summed E-state index contributed by atoms with van der Waals surface area (Å²) >= 11 is 0. The van der Waals surface area contributed by atoms with Gasteiger partial charge in [0, 0.05) is 26.1 Å². The number of sulfonamides is 1. The average molecular weight is 493 g/mol. The van der Waals surface area contributed by atoms with Crippen LogP contribution >= 0.6 is 0 Å². The molecule has 0 spiro atoms. The topological polar surface area (TPSA) is 101 Å². The maximum Gasteiger partial charge on any atom is 0.240 e. The van der Waals surface area contributed by atoms with E-state index in [1.807, 2.05) is 0 Å². The monoisotopic (exact) mass is 492 g/mol. The van der Waals surface area contributed by atoms with Crippen LogP contribution < -0.4 is 4.72 Å². The molecule has 3 rings (SSSR count). The Hall–Kier alpha value is -2.23. The Kier molecular flexibility index (Phi) is 7.65. The second kappa shape index (κ2) is 9.95. The van der Waals surface area contributed by atoms with Crippen molar-refractivity contribution in [3.63, 3.8) is 0 Å². The Morgan fingerprint density at radius 3 is 2.03 bits per heavy atom. The van der Waals surface area contributed by atoms with E-state index in [0.29, 0.717) is 30.8 Å². The lowest BCUT2D eigenvalue weighted by Gasteiger charge is -2.31. The highest BCUT2D eigenvalue weighted by Crippen LogP contribution is 2.25. The van der Waals surface area contributed by atoms with Crippen LogP contribution in [0.4, 0.5) is 0 Å². The standard InChI is InChI=1S/C24H32N2O5S2/c1-24(2,3)19-9-11-22(12-10-19)33(30,31)25-16-13-23(27)26-17-14-21(15-18-26)32(28,29)20-7-5-4-6-8-20/h4-12,21,25H,13-18H2,1-3H3. The van der Waals surface area contributed by atoms with Gasteiger partial charge in [-0.05, 0) is 48.1 Å². The first-order chi connectivity index (χ1) is 15.4. The lowest BCUT2D eigenvalue weighted by Crippen LogP contribution is -2.43. The van der Waals surface area contributed by atoms with Crippen LogP contribution in [0.2, 0.25) is 0 Å². The summed E-state index contributed by atoms with van der Waals surface area (Å²) in [6.45, 7) is 6.85. The van der Waals surface area contributed by atoms with E-state index in [0.717, 1.165) is 5.56 Å². The minimum Gasteiger partial charge on any atom is -0.343 e. The van der Waals surface area contributed by atoms with Crippen LogP contribution in [0.3, 0.4) is 0 Å². The molecule has 180 valence electrons. The molecule has 0 unspecified atom stereocenters. The fourth-order valence-electron chi connectivity index (χ4n) is 3.89. The van der Waals surface area contributed by atoms with Crippen LogP contribution in [-0.4, -0.2) is 52.5 Å². The van der Waals surface area contributed by atoms with Crippen LogP contribution in [0, 0.1) is 0 Å². The van der Waals surface area contributed by atoms with E-state index in [4.69, 9.17) is 0 Å². The number of benzene rings is 2. The maximum atomic E-state index is 12.8. The molecule has 0 saturated carbocycles. The highest BCUT2D eigenvalue weighted by atomic mass is 32.2. The number of nitrogens with one attached hydrogen (secondary N) is 1. The number of nitrogens with zero attached hydrogens (tertiary/aromatic N) is 1. The van der Waals surface area contributed by atoms with Gasteiger partial charge >= 0.3 is 0 Å². The molecule has 1 fully saturated rings. The van der Waals surface area contributed by atoms with E-state index in [9.17, 15) is 21.6 Å². The molecule has 1 heterocycles. The zero-order chi connectivity index (χ0) is 24.3. The third-order valence-electron chi connectivity index (χ3n) is 5.97. The first-order valence-electron chi connectivity index (χ1n) is 11.1. The molecule has 1 aliphatic rings. The third kappa shape index (κ3) is 6.22. The zero-order valence-corrected chi connectivity index (χ0v) is 21.0. The molecule has 0 bridgehead atoms. The Morgan fingerprint density at radius 2 is 1.48 bits per heavy atom. The van der Waals surface area contributed by atoms with Gasteiger partial charge in [-0.1, -0.05) is 51.1 Å². The van der Waals surface area contributed by atoms with Crippen molar-refractivity contribution in [2.75, 3.05) is 19.6 Å². The Labute approximate surface area is 197 Å². The van der Waals surface area contributed by atoms with Gasteiger partial charge in [-0.15, -0.1) is 0 Å². The summed E-state index contributed by atoms with van der Waals surface area (Å²) in [7, 11) is -7.13. The van der Waals surface area contributed by atoms with E-state index in [2.05, 4.69) is 25.5 Å². The fourth-order valence-corrected chi connectivity index (χ4v) is 6.67. The normalized spacial score (nSPS) is 16.0. The Bertz CT molecular complexity index is 1160. The van der Waals surface area contributed by atoms with E-state index in [-0.39, 0.29) is 29.2 Å². The predicted octanol–water partition coefficient (Wildman–Crippen LogP) is 3.12. The zero-order valence-electron chi connectivity index (χ0n) is 19.3. The molecule has 0 radical (unpaired) electrons. The lowest BCUT2D eigenvalue weighted by molar-refractivity contribution is -0.131. The third-order valence-corrected chi connectivity index (χ3v) is 9.72. The van der Waals surface area contributed by atoms with Crippen molar-refractivity contribution < 1.29 is 21.6 Å². The summed E-state index contributed by atoms with van der Waals surface area (Å²) in [5.41, 5.74) is 0.963. The van der Waals surface area contributed by atoms with Crippen molar-refractivity contribution >= 4 is 25.8 Å². The summed E-state index contributed by atoms with van der Waals surface area (Å²) in [5, 5.41) is -0.515. The molecular weight excluding hydrogens is 460 g/mol. The Morgan fingerprint density at radius 1 is 0.909 bits per heavy atom. The first-order valence-corrected chi connectivity index (χ1v) is 14.1. The number of amides is 1. The van der Waals surface area contributed by atoms with Gasteiger partial charge in [0.05, 0.1) is 15.0 Å². The second-order valence-corrected chi connectivity index (χ2v) is 13.4. The molecule has 9 heteroatoms. The van der Waals surface area contributed by atoms with Crippen molar-refractivity contribution in [2.24, 2.45) is 0 Å². The smallest absolute Gasteiger partial charge is 0.240 e. The lowest BCUT2D eigenvalue weighted by atomic mass is 9.87. The van der Waals surface area contributed by atoms with Crippen LogP contribution in [-0.2, 0) is 30.1 Å². The summed E-state index contributed by atoms with van der Waals surface area (Å²) in [6.07, 6.45) is 0.763. The molecule has 0 atom stereocenters. The highest BCUT2D eigenvalue weighted by Gasteiger charge is 2.32. The van der Waals surface area contributed by atoms with Gasteiger partial charge in [0.1, 0.15) is 0 Å². The van der Waals surface area contributed by atoms with Gasteiger partial charge in [-0.2, -0.15) is 0 Å². The first kappa shape index (κ1) is 25.4. The summed E-state index contributed by atoms with van der Waals surface area (Å²) in [4.78, 5) is 14.6. The molecule has 2 aromatic rings. The minimum absolute atomic E-state index is 0.00949. The number of carbonyl (C=O) groups is 1. The summed E-state index contributed by atoms with van der Waals surface area (Å²) in [6, 6.07) is 15.1. The summed E-state index contributed by atoms with van der Waals surface area (Å²) < 4.78 is 53.1. The van der Waals surface area contributed by atoms with Crippen LogP contribution in [0.1, 0.15) is 45.6 Å². The van der Waals surface area contributed by atoms with Crippen LogP contribution in [0.5, 0.6) is 0 Å². The van der Waals surface area contributed by atoms with Gasteiger partial charge in [-0.25, -0.2) is 21.6 Å².